The average Bonchev–Trinajstić information content (AvgIpc) is 2.68. The van der Waals surface area contributed by atoms with Gasteiger partial charge in [-0.3, -0.25) is 0 Å². The van der Waals surface area contributed by atoms with Crippen molar-refractivity contribution in [2.75, 3.05) is 24.6 Å². The molecule has 6 heteroatoms. The fourth-order valence-electron chi connectivity index (χ4n) is 1.92. The van der Waals surface area contributed by atoms with Crippen LogP contribution in [0, 0.1) is 0 Å². The number of benzene rings is 1. The van der Waals surface area contributed by atoms with Crippen LogP contribution in [-0.2, 0) is 16.6 Å². The molecule has 18 heavy (non-hydrogen) atoms. The van der Waals surface area contributed by atoms with E-state index in [2.05, 4.69) is 0 Å². The topological polar surface area (TPSA) is 57.6 Å². The van der Waals surface area contributed by atoms with E-state index in [9.17, 15) is 8.42 Å². The van der Waals surface area contributed by atoms with E-state index < -0.39 is 10.0 Å². The lowest BCUT2D eigenvalue weighted by atomic mass is 10.2. The molecule has 100 valence electrons. The van der Waals surface area contributed by atoms with Gasteiger partial charge in [0.25, 0.3) is 0 Å². The molecule has 1 aromatic rings. The zero-order valence-corrected chi connectivity index (χ0v) is 11.7. The highest BCUT2D eigenvalue weighted by atomic mass is 32.2. The van der Waals surface area contributed by atoms with Crippen LogP contribution in [0.2, 0.25) is 0 Å². The van der Waals surface area contributed by atoms with E-state index in [0.717, 1.165) is 17.9 Å². The van der Waals surface area contributed by atoms with Crippen molar-refractivity contribution in [3.05, 3.63) is 29.8 Å². The van der Waals surface area contributed by atoms with E-state index in [4.69, 9.17) is 5.11 Å². The smallest absolute Gasteiger partial charge is 0.243 e. The molecular formula is C12H17NO3S2. The molecule has 1 aliphatic heterocycles. The first-order chi connectivity index (χ1) is 8.64. The molecule has 0 saturated carbocycles. The third-order valence-electron chi connectivity index (χ3n) is 2.90. The largest absolute Gasteiger partial charge is 0.392 e. The zero-order chi connectivity index (χ0) is 13.0. The van der Waals surface area contributed by atoms with Gasteiger partial charge < -0.3 is 5.11 Å². The Hall–Kier alpha value is -0.560. The van der Waals surface area contributed by atoms with Crippen molar-refractivity contribution in [2.24, 2.45) is 0 Å². The molecule has 1 aliphatic rings. The number of hydrogen-bond acceptors (Lipinski definition) is 4. The van der Waals surface area contributed by atoms with E-state index in [1.807, 2.05) is 0 Å². The lowest BCUT2D eigenvalue weighted by Gasteiger charge is -2.19. The van der Waals surface area contributed by atoms with E-state index in [-0.39, 0.29) is 11.5 Å². The van der Waals surface area contributed by atoms with Gasteiger partial charge >= 0.3 is 0 Å². The van der Waals surface area contributed by atoms with Gasteiger partial charge in [-0.05, 0) is 29.9 Å². The molecule has 0 amide bonds. The van der Waals surface area contributed by atoms with Gasteiger partial charge in [0.1, 0.15) is 0 Å². The lowest BCUT2D eigenvalue weighted by molar-refractivity contribution is 0.281. The first kappa shape index (κ1) is 13.9. The Kier molecular flexibility index (Phi) is 4.66. The molecule has 0 atom stereocenters. The quantitative estimate of drug-likeness (QED) is 0.910. The van der Waals surface area contributed by atoms with Crippen molar-refractivity contribution in [3.63, 3.8) is 0 Å². The Morgan fingerprint density at radius 1 is 1.28 bits per heavy atom. The minimum atomic E-state index is -3.41. The Bertz CT molecular complexity index is 494. The van der Waals surface area contributed by atoms with Crippen molar-refractivity contribution in [1.82, 2.24) is 4.31 Å². The second-order valence-electron chi connectivity index (χ2n) is 4.18. The maximum absolute atomic E-state index is 12.4. The van der Waals surface area contributed by atoms with Crippen LogP contribution in [0.5, 0.6) is 0 Å². The normalized spacial score (nSPS) is 18.5. The predicted octanol–water partition coefficient (Wildman–Crippen LogP) is 1.31. The predicted molar refractivity (Wildman–Crippen MR) is 73.1 cm³/mol. The van der Waals surface area contributed by atoms with E-state index in [1.54, 1.807) is 40.3 Å². The standard InChI is InChI=1S/C12H17NO3S2/c14-10-11-3-1-4-12(9-11)18(15,16)13-5-2-7-17-8-6-13/h1,3-4,9,14H,2,5-8,10H2. The monoisotopic (exact) mass is 287 g/mol. The molecule has 0 spiro atoms. The van der Waals surface area contributed by atoms with E-state index in [1.165, 1.54) is 0 Å². The summed E-state index contributed by atoms with van der Waals surface area (Å²) < 4.78 is 26.4. The van der Waals surface area contributed by atoms with Crippen molar-refractivity contribution < 1.29 is 13.5 Å². The van der Waals surface area contributed by atoms with Gasteiger partial charge in [0, 0.05) is 18.8 Å². The first-order valence-electron chi connectivity index (χ1n) is 5.92. The number of sulfonamides is 1. The highest BCUT2D eigenvalue weighted by molar-refractivity contribution is 7.99. The second kappa shape index (κ2) is 6.06. The molecule has 0 aromatic heterocycles. The number of nitrogens with zero attached hydrogens (tertiary/aromatic N) is 1. The van der Waals surface area contributed by atoms with Crippen LogP contribution in [0.1, 0.15) is 12.0 Å². The maximum atomic E-state index is 12.4. The van der Waals surface area contributed by atoms with Crippen LogP contribution in [-0.4, -0.2) is 42.4 Å². The van der Waals surface area contributed by atoms with Gasteiger partial charge in [-0.25, -0.2) is 8.42 Å². The summed E-state index contributed by atoms with van der Waals surface area (Å²) in [4.78, 5) is 0.279. The molecule has 0 radical (unpaired) electrons. The Morgan fingerprint density at radius 3 is 2.89 bits per heavy atom. The summed E-state index contributed by atoms with van der Waals surface area (Å²) in [6, 6.07) is 6.53. The number of aliphatic hydroxyl groups is 1. The zero-order valence-electron chi connectivity index (χ0n) is 10.1. The summed E-state index contributed by atoms with van der Waals surface area (Å²) in [7, 11) is -3.41. The Labute approximate surface area is 112 Å². The molecule has 0 aliphatic carbocycles. The molecule has 1 fully saturated rings. The number of rotatable bonds is 3. The summed E-state index contributed by atoms with van der Waals surface area (Å²) in [5, 5.41) is 9.07. The summed E-state index contributed by atoms with van der Waals surface area (Å²) in [6.07, 6.45) is 0.892. The minimum Gasteiger partial charge on any atom is -0.392 e. The molecular weight excluding hydrogens is 270 g/mol. The third-order valence-corrected chi connectivity index (χ3v) is 5.84. The molecule has 1 N–H and O–H groups in total. The lowest BCUT2D eigenvalue weighted by Crippen LogP contribution is -2.33. The maximum Gasteiger partial charge on any atom is 0.243 e. The van der Waals surface area contributed by atoms with E-state index >= 15 is 0 Å². The fraction of sp³-hybridized carbons (Fsp3) is 0.500. The SMILES string of the molecule is O=S(=O)(c1cccc(CO)c1)N1CCCSCC1. The highest BCUT2D eigenvalue weighted by Crippen LogP contribution is 2.20. The first-order valence-corrected chi connectivity index (χ1v) is 8.52. The third kappa shape index (κ3) is 3.06. The Balaban J connectivity index is 2.28. The van der Waals surface area contributed by atoms with Gasteiger partial charge in [0.2, 0.25) is 10.0 Å². The van der Waals surface area contributed by atoms with Crippen LogP contribution in [0.25, 0.3) is 0 Å². The van der Waals surface area contributed by atoms with Gasteiger partial charge in [0.15, 0.2) is 0 Å². The van der Waals surface area contributed by atoms with Gasteiger partial charge in [0.05, 0.1) is 11.5 Å². The van der Waals surface area contributed by atoms with Crippen LogP contribution in [0.15, 0.2) is 29.2 Å². The molecule has 1 heterocycles. The van der Waals surface area contributed by atoms with Crippen molar-refractivity contribution in [3.8, 4) is 0 Å². The Morgan fingerprint density at radius 2 is 2.11 bits per heavy atom. The van der Waals surface area contributed by atoms with Gasteiger partial charge in [-0.1, -0.05) is 12.1 Å². The minimum absolute atomic E-state index is 0.140. The summed E-state index contributed by atoms with van der Waals surface area (Å²) in [5.74, 6) is 1.86. The molecule has 0 bridgehead atoms. The highest BCUT2D eigenvalue weighted by Gasteiger charge is 2.25. The van der Waals surface area contributed by atoms with Crippen LogP contribution in [0.3, 0.4) is 0 Å². The van der Waals surface area contributed by atoms with Gasteiger partial charge in [-0.15, -0.1) is 0 Å². The molecule has 4 nitrogen and oxygen atoms in total. The van der Waals surface area contributed by atoms with E-state index in [0.29, 0.717) is 18.7 Å². The van der Waals surface area contributed by atoms with Crippen molar-refractivity contribution in [1.29, 1.82) is 0 Å². The fourth-order valence-corrected chi connectivity index (χ4v) is 4.47. The molecule has 1 saturated heterocycles. The summed E-state index contributed by atoms with van der Waals surface area (Å²) in [5.41, 5.74) is 0.625. The average molecular weight is 287 g/mol. The number of thioether (sulfide) groups is 1. The van der Waals surface area contributed by atoms with Crippen LogP contribution < -0.4 is 0 Å². The molecule has 2 rings (SSSR count). The van der Waals surface area contributed by atoms with Crippen LogP contribution in [0.4, 0.5) is 0 Å². The van der Waals surface area contributed by atoms with Crippen LogP contribution >= 0.6 is 11.8 Å². The van der Waals surface area contributed by atoms with Crippen molar-refractivity contribution in [2.45, 2.75) is 17.9 Å². The molecule has 0 unspecified atom stereocenters. The van der Waals surface area contributed by atoms with Gasteiger partial charge in [-0.2, -0.15) is 16.1 Å². The second-order valence-corrected chi connectivity index (χ2v) is 7.34. The number of hydrogen-bond donors (Lipinski definition) is 1. The summed E-state index contributed by atoms with van der Waals surface area (Å²) in [6.45, 7) is 1.01. The van der Waals surface area contributed by atoms with Crippen molar-refractivity contribution >= 4 is 21.8 Å². The summed E-state index contributed by atoms with van der Waals surface area (Å²) >= 11 is 1.79. The molecule has 1 aromatic carbocycles. The number of aliphatic hydroxyl groups excluding tert-OH is 1.